The Balaban J connectivity index is 1.19. The number of fused-ring (bicyclic) bond motifs is 6. The third-order valence-electron chi connectivity index (χ3n) is 15.2. The molecule has 0 saturated heterocycles. The van der Waals surface area contributed by atoms with E-state index < -0.39 is 0 Å². The highest BCUT2D eigenvalue weighted by Crippen LogP contribution is 2.44. The predicted octanol–water partition coefficient (Wildman–Crippen LogP) is 18.4. The smallest absolute Gasteiger partial charge is 0.104 e. The normalized spacial score (nSPS) is 11.5. The van der Waals surface area contributed by atoms with Gasteiger partial charge in [-0.2, -0.15) is 5.26 Å². The summed E-state index contributed by atoms with van der Waals surface area (Å²) in [5, 5.41) is 16.6. The maximum atomic E-state index is 12.1. The number of rotatable bonds is 8. The lowest BCUT2D eigenvalue weighted by molar-refractivity contribution is 1.12. The summed E-state index contributed by atoms with van der Waals surface area (Å²) in [6.07, 6.45) is 0. The zero-order valence-corrected chi connectivity index (χ0v) is 41.7. The SMILES string of the molecule is Cc1ccccc1-c1ccc2c3ccc(-c4ccccc4C)cc3n(-c3cc(-c4cccc(-c5ccccc5)n4)cc(-n4c5cc(-c6ccccc6C)ccc5c5ccc(-c6ccccc6C)cc54)c3C#N)c2c1. The highest BCUT2D eigenvalue weighted by molar-refractivity contribution is 6.13. The van der Waals surface area contributed by atoms with E-state index in [2.05, 4.69) is 267 Å². The number of pyridine rings is 1. The Hall–Kier alpha value is -9.56. The third kappa shape index (κ3) is 7.40. The molecule has 13 rings (SSSR count). The molecule has 0 atom stereocenters. The predicted molar refractivity (Wildman–Crippen MR) is 309 cm³/mol. The Labute approximate surface area is 431 Å². The lowest BCUT2D eigenvalue weighted by Crippen LogP contribution is -2.06. The lowest BCUT2D eigenvalue weighted by atomic mass is 9.98. The molecule has 3 heterocycles. The van der Waals surface area contributed by atoms with E-state index in [0.717, 1.165) is 99.8 Å². The molecule has 13 aromatic rings. The molecular weight excluding hydrogens is 897 g/mol. The van der Waals surface area contributed by atoms with Crippen LogP contribution in [0.5, 0.6) is 0 Å². The van der Waals surface area contributed by atoms with Crippen LogP contribution in [-0.2, 0) is 0 Å². The molecule has 10 aromatic carbocycles. The fourth-order valence-electron chi connectivity index (χ4n) is 11.4. The molecule has 0 unspecified atom stereocenters. The summed E-state index contributed by atoms with van der Waals surface area (Å²) in [7, 11) is 0. The number of aryl methyl sites for hydroxylation is 4. The first-order valence-corrected chi connectivity index (χ1v) is 25.3. The first kappa shape index (κ1) is 44.4. The average molecular weight is 947 g/mol. The zero-order valence-electron chi connectivity index (χ0n) is 41.7. The Kier molecular flexibility index (Phi) is 10.8. The first-order valence-electron chi connectivity index (χ1n) is 25.3. The van der Waals surface area contributed by atoms with E-state index in [1.54, 1.807) is 0 Å². The fourth-order valence-corrected chi connectivity index (χ4v) is 11.4. The van der Waals surface area contributed by atoms with Crippen molar-refractivity contribution in [2.45, 2.75) is 27.7 Å². The van der Waals surface area contributed by atoms with E-state index in [1.807, 2.05) is 6.07 Å². The van der Waals surface area contributed by atoms with Crippen LogP contribution in [0, 0.1) is 39.0 Å². The molecule has 0 radical (unpaired) electrons. The minimum absolute atomic E-state index is 0.552. The van der Waals surface area contributed by atoms with Crippen LogP contribution in [0.3, 0.4) is 0 Å². The van der Waals surface area contributed by atoms with Gasteiger partial charge in [-0.05, 0) is 143 Å². The van der Waals surface area contributed by atoms with Crippen LogP contribution in [0.4, 0.5) is 0 Å². The monoisotopic (exact) mass is 946 g/mol. The van der Waals surface area contributed by atoms with Crippen molar-refractivity contribution >= 4 is 43.6 Å². The Morgan fingerprint density at radius 2 is 0.635 bits per heavy atom. The summed E-state index contributed by atoms with van der Waals surface area (Å²) in [5.41, 5.74) is 23.7. The number of hydrogen-bond donors (Lipinski definition) is 0. The molecule has 74 heavy (non-hydrogen) atoms. The van der Waals surface area contributed by atoms with Crippen molar-refractivity contribution < 1.29 is 0 Å². The standard InChI is InChI=1S/C70H50N4/c1-44-17-8-12-23-54(44)49-29-33-58-59-34-30-50(55-24-13-9-18-45(55)2)38-66(59)73(65(58)37-49)69-41-53(64-28-16-27-63(72-64)48-21-6-5-7-22-48)42-70(62(69)43-71)74-67-39-51(56-25-14-10-19-46(56)3)31-35-60(67)61-36-32-52(40-68(61)74)57-26-15-11-20-47(57)4/h5-42H,1-4H3. The van der Waals surface area contributed by atoms with Gasteiger partial charge in [-0.3, -0.25) is 0 Å². The second kappa shape index (κ2) is 17.9. The van der Waals surface area contributed by atoms with E-state index in [4.69, 9.17) is 4.98 Å². The van der Waals surface area contributed by atoms with Gasteiger partial charge < -0.3 is 9.13 Å². The van der Waals surface area contributed by atoms with Crippen LogP contribution < -0.4 is 0 Å². The van der Waals surface area contributed by atoms with Gasteiger partial charge in [-0.25, -0.2) is 4.98 Å². The first-order chi connectivity index (χ1) is 36.3. The molecule has 0 aliphatic rings. The molecule has 0 fully saturated rings. The highest BCUT2D eigenvalue weighted by atomic mass is 15.0. The van der Waals surface area contributed by atoms with Gasteiger partial charge in [-0.15, -0.1) is 0 Å². The third-order valence-corrected chi connectivity index (χ3v) is 15.2. The van der Waals surface area contributed by atoms with Crippen LogP contribution in [0.25, 0.3) is 122 Å². The molecule has 0 aliphatic heterocycles. The van der Waals surface area contributed by atoms with Gasteiger partial charge in [0.25, 0.3) is 0 Å². The van der Waals surface area contributed by atoms with Crippen molar-refractivity contribution in [2.75, 3.05) is 0 Å². The summed E-state index contributed by atoms with van der Waals surface area (Å²) in [6.45, 7) is 8.68. The average Bonchev–Trinajstić information content (AvgIpc) is 3.97. The molecule has 3 aromatic heterocycles. The van der Waals surface area contributed by atoms with Crippen molar-refractivity contribution in [1.82, 2.24) is 14.1 Å². The second-order valence-corrected chi connectivity index (χ2v) is 19.6. The summed E-state index contributed by atoms with van der Waals surface area (Å²) < 4.78 is 4.71. The van der Waals surface area contributed by atoms with Gasteiger partial charge in [0, 0.05) is 32.7 Å². The number of benzene rings is 10. The molecular formula is C70H50N4. The molecule has 350 valence electrons. The van der Waals surface area contributed by atoms with Crippen molar-refractivity contribution in [2.24, 2.45) is 0 Å². The topological polar surface area (TPSA) is 46.5 Å². The van der Waals surface area contributed by atoms with E-state index in [-0.39, 0.29) is 0 Å². The van der Waals surface area contributed by atoms with Crippen LogP contribution in [-0.4, -0.2) is 14.1 Å². The lowest BCUT2D eigenvalue weighted by Gasteiger charge is -2.19. The summed E-state index contributed by atoms with van der Waals surface area (Å²) in [4.78, 5) is 5.42. The molecule has 0 bridgehead atoms. The van der Waals surface area contributed by atoms with Crippen molar-refractivity contribution in [3.63, 3.8) is 0 Å². The van der Waals surface area contributed by atoms with E-state index in [9.17, 15) is 5.26 Å². The van der Waals surface area contributed by atoms with Crippen LogP contribution in [0.15, 0.2) is 231 Å². The summed E-state index contributed by atoms with van der Waals surface area (Å²) in [5.74, 6) is 0. The highest BCUT2D eigenvalue weighted by Gasteiger charge is 2.25. The van der Waals surface area contributed by atoms with Gasteiger partial charge in [0.05, 0.1) is 44.8 Å². The summed E-state index contributed by atoms with van der Waals surface area (Å²) >= 11 is 0. The number of aromatic nitrogens is 3. The Bertz CT molecular complexity index is 3990. The molecule has 4 heteroatoms. The van der Waals surface area contributed by atoms with Crippen molar-refractivity contribution in [3.8, 4) is 84.5 Å². The largest absolute Gasteiger partial charge is 0.308 e. The van der Waals surface area contributed by atoms with Gasteiger partial charge in [0.2, 0.25) is 0 Å². The van der Waals surface area contributed by atoms with Crippen LogP contribution in [0.2, 0.25) is 0 Å². The quantitative estimate of drug-likeness (QED) is 0.152. The molecule has 0 amide bonds. The van der Waals surface area contributed by atoms with E-state index >= 15 is 0 Å². The Morgan fingerprint density at radius 1 is 0.311 bits per heavy atom. The Morgan fingerprint density at radius 3 is 0.973 bits per heavy atom. The summed E-state index contributed by atoms with van der Waals surface area (Å²) in [6, 6.07) is 85.5. The number of hydrogen-bond acceptors (Lipinski definition) is 2. The second-order valence-electron chi connectivity index (χ2n) is 19.6. The zero-order chi connectivity index (χ0) is 50.0. The van der Waals surface area contributed by atoms with Gasteiger partial charge >= 0.3 is 0 Å². The molecule has 0 aliphatic carbocycles. The van der Waals surface area contributed by atoms with Gasteiger partial charge in [0.15, 0.2) is 0 Å². The van der Waals surface area contributed by atoms with Crippen molar-refractivity contribution in [1.29, 1.82) is 5.26 Å². The molecule has 0 spiro atoms. The number of nitrogens with zero attached hydrogens (tertiary/aromatic N) is 4. The fraction of sp³-hybridized carbons (Fsp3) is 0.0571. The van der Waals surface area contributed by atoms with Crippen LogP contribution in [0.1, 0.15) is 27.8 Å². The van der Waals surface area contributed by atoms with E-state index in [1.165, 1.54) is 44.5 Å². The van der Waals surface area contributed by atoms with Gasteiger partial charge in [-0.1, -0.05) is 182 Å². The van der Waals surface area contributed by atoms with E-state index in [0.29, 0.717) is 5.56 Å². The number of nitriles is 1. The molecule has 0 saturated carbocycles. The minimum atomic E-state index is 0.552. The molecule has 4 nitrogen and oxygen atoms in total. The maximum absolute atomic E-state index is 12.1. The minimum Gasteiger partial charge on any atom is -0.308 e. The van der Waals surface area contributed by atoms with Crippen LogP contribution >= 0.6 is 0 Å². The van der Waals surface area contributed by atoms with Crippen molar-refractivity contribution in [3.05, 3.63) is 258 Å². The maximum Gasteiger partial charge on any atom is 0.104 e. The van der Waals surface area contributed by atoms with Gasteiger partial charge in [0.1, 0.15) is 11.6 Å². The molecule has 0 N–H and O–H groups in total.